The van der Waals surface area contributed by atoms with E-state index in [1.807, 2.05) is 0 Å². The Labute approximate surface area is 256 Å². The molecule has 0 saturated carbocycles. The van der Waals surface area contributed by atoms with Crippen molar-refractivity contribution in [3.05, 3.63) is 132 Å². The van der Waals surface area contributed by atoms with Crippen molar-refractivity contribution in [2.75, 3.05) is 4.90 Å². The molecular formula is C39H38BNO2. The van der Waals surface area contributed by atoms with Crippen molar-refractivity contribution >= 4 is 29.6 Å². The zero-order valence-electron chi connectivity index (χ0n) is 25.9. The largest absolute Gasteiger partial charge is 0.494 e. The molecule has 4 heteroatoms. The lowest BCUT2D eigenvalue weighted by Crippen LogP contribution is -2.41. The van der Waals surface area contributed by atoms with Crippen LogP contribution >= 0.6 is 0 Å². The third kappa shape index (κ3) is 4.61. The van der Waals surface area contributed by atoms with Gasteiger partial charge in [0, 0.05) is 22.5 Å². The fourth-order valence-corrected chi connectivity index (χ4v) is 6.47. The minimum absolute atomic E-state index is 0.181. The molecule has 3 nitrogen and oxygen atoms in total. The van der Waals surface area contributed by atoms with Crippen LogP contribution < -0.4 is 10.4 Å². The monoisotopic (exact) mass is 563 g/mol. The number of nitrogens with zero attached hydrogens (tertiary/aromatic N) is 1. The molecule has 7 rings (SSSR count). The zero-order chi connectivity index (χ0) is 30.0. The van der Waals surface area contributed by atoms with Crippen molar-refractivity contribution in [3.63, 3.8) is 0 Å². The second-order valence-corrected chi connectivity index (χ2v) is 13.3. The molecule has 0 atom stereocenters. The number of anilines is 3. The van der Waals surface area contributed by atoms with Gasteiger partial charge >= 0.3 is 7.12 Å². The maximum atomic E-state index is 6.41. The molecule has 43 heavy (non-hydrogen) atoms. The third-order valence-electron chi connectivity index (χ3n) is 9.71. The van der Waals surface area contributed by atoms with Crippen molar-refractivity contribution in [2.45, 2.75) is 58.2 Å². The van der Waals surface area contributed by atoms with Crippen LogP contribution in [0.5, 0.6) is 0 Å². The molecule has 5 aromatic rings. The van der Waals surface area contributed by atoms with Gasteiger partial charge in [-0.3, -0.25) is 0 Å². The summed E-state index contributed by atoms with van der Waals surface area (Å²) in [5, 5.41) is 0. The third-order valence-corrected chi connectivity index (χ3v) is 9.71. The summed E-state index contributed by atoms with van der Waals surface area (Å²) < 4.78 is 12.8. The van der Waals surface area contributed by atoms with E-state index in [0.29, 0.717) is 0 Å². The Morgan fingerprint density at radius 1 is 0.488 bits per heavy atom. The van der Waals surface area contributed by atoms with E-state index < -0.39 is 0 Å². The van der Waals surface area contributed by atoms with Gasteiger partial charge in [-0.2, -0.15) is 0 Å². The number of hydrogen-bond donors (Lipinski definition) is 0. The van der Waals surface area contributed by atoms with Crippen LogP contribution in [-0.2, 0) is 14.7 Å². The summed E-state index contributed by atoms with van der Waals surface area (Å²) in [5.41, 5.74) is 11.2. The lowest BCUT2D eigenvalue weighted by atomic mass is 9.74. The second-order valence-electron chi connectivity index (χ2n) is 13.3. The average molecular weight is 564 g/mol. The first-order valence-electron chi connectivity index (χ1n) is 15.2. The van der Waals surface area contributed by atoms with E-state index in [9.17, 15) is 0 Å². The number of hydrogen-bond acceptors (Lipinski definition) is 3. The fourth-order valence-electron chi connectivity index (χ4n) is 6.47. The summed E-state index contributed by atoms with van der Waals surface area (Å²) in [6.07, 6.45) is 0. The average Bonchev–Trinajstić information content (AvgIpc) is 3.37. The highest BCUT2D eigenvalue weighted by Crippen LogP contribution is 2.50. The van der Waals surface area contributed by atoms with Crippen LogP contribution in [0.25, 0.3) is 22.3 Å². The predicted molar refractivity (Wildman–Crippen MR) is 180 cm³/mol. The van der Waals surface area contributed by atoms with Gasteiger partial charge in [0.2, 0.25) is 0 Å². The molecule has 1 aliphatic heterocycles. The first kappa shape index (κ1) is 27.7. The van der Waals surface area contributed by atoms with E-state index in [1.165, 1.54) is 33.4 Å². The van der Waals surface area contributed by atoms with Crippen LogP contribution in [0.15, 0.2) is 121 Å². The molecule has 1 fully saturated rings. The van der Waals surface area contributed by atoms with Crippen LogP contribution in [0.3, 0.4) is 0 Å². The summed E-state index contributed by atoms with van der Waals surface area (Å²) in [4.78, 5) is 2.35. The second kappa shape index (κ2) is 9.97. The molecule has 214 valence electrons. The van der Waals surface area contributed by atoms with Crippen molar-refractivity contribution in [1.82, 2.24) is 0 Å². The lowest BCUT2D eigenvalue weighted by Gasteiger charge is -2.32. The highest BCUT2D eigenvalue weighted by atomic mass is 16.7. The molecular weight excluding hydrogens is 525 g/mol. The number of para-hydroxylation sites is 1. The maximum absolute atomic E-state index is 6.41. The Morgan fingerprint density at radius 3 is 1.60 bits per heavy atom. The SMILES string of the molecule is CC1(C)c2cc(B3OC(C)(C)C(C)(C)O3)ccc2-c2ccc(N(c3ccccc3)c3ccc(-c4ccccc4)cc3)cc21. The van der Waals surface area contributed by atoms with Crippen molar-refractivity contribution in [2.24, 2.45) is 0 Å². The van der Waals surface area contributed by atoms with Crippen molar-refractivity contribution < 1.29 is 9.31 Å². The minimum Gasteiger partial charge on any atom is -0.399 e. The standard InChI is InChI=1S/C39H38BNO2/c1-37(2)35-25-29(40-42-38(3,4)39(5,6)43-40)19-23-33(35)34-24-22-32(26-36(34)37)41(30-15-11-8-12-16-30)31-20-17-28(18-21-31)27-13-9-7-10-14-27/h7-26H,1-6H3. The number of rotatable bonds is 5. The molecule has 1 saturated heterocycles. The molecule has 0 bridgehead atoms. The van der Waals surface area contributed by atoms with Crippen LogP contribution in [0.2, 0.25) is 0 Å². The quantitative estimate of drug-likeness (QED) is 0.199. The molecule has 0 radical (unpaired) electrons. The molecule has 0 unspecified atom stereocenters. The van der Waals surface area contributed by atoms with Crippen LogP contribution in [0.4, 0.5) is 17.1 Å². The van der Waals surface area contributed by atoms with Gasteiger partial charge in [-0.05, 0) is 103 Å². The molecule has 0 N–H and O–H groups in total. The van der Waals surface area contributed by atoms with Crippen LogP contribution in [0, 0.1) is 0 Å². The molecule has 1 aliphatic carbocycles. The molecule has 5 aromatic carbocycles. The van der Waals surface area contributed by atoms with E-state index >= 15 is 0 Å². The van der Waals surface area contributed by atoms with Gasteiger partial charge in [-0.25, -0.2) is 0 Å². The molecule has 1 heterocycles. The van der Waals surface area contributed by atoms with Crippen molar-refractivity contribution in [1.29, 1.82) is 0 Å². The van der Waals surface area contributed by atoms with Crippen LogP contribution in [-0.4, -0.2) is 18.3 Å². The fraction of sp³-hybridized carbons (Fsp3) is 0.231. The molecule has 2 aliphatic rings. The molecule has 0 spiro atoms. The summed E-state index contributed by atoms with van der Waals surface area (Å²) in [6, 6.07) is 43.7. The van der Waals surface area contributed by atoms with Gasteiger partial charge in [0.15, 0.2) is 0 Å². The van der Waals surface area contributed by atoms with Gasteiger partial charge in [0.05, 0.1) is 11.2 Å². The Hall–Kier alpha value is -4.12. The van der Waals surface area contributed by atoms with Gasteiger partial charge in [0.1, 0.15) is 0 Å². The highest BCUT2D eigenvalue weighted by molar-refractivity contribution is 6.62. The normalized spacial score (nSPS) is 17.4. The van der Waals surface area contributed by atoms with E-state index in [0.717, 1.165) is 22.5 Å². The van der Waals surface area contributed by atoms with Gasteiger partial charge < -0.3 is 14.2 Å². The minimum atomic E-state index is -0.377. The Bertz CT molecular complexity index is 1780. The molecule has 0 amide bonds. The molecule has 0 aromatic heterocycles. The van der Waals surface area contributed by atoms with E-state index in [2.05, 4.69) is 168 Å². The van der Waals surface area contributed by atoms with Crippen molar-refractivity contribution in [3.8, 4) is 22.3 Å². The number of benzene rings is 5. The smallest absolute Gasteiger partial charge is 0.399 e. The first-order valence-corrected chi connectivity index (χ1v) is 15.2. The van der Waals surface area contributed by atoms with Gasteiger partial charge in [-0.15, -0.1) is 0 Å². The topological polar surface area (TPSA) is 21.7 Å². The Morgan fingerprint density at radius 2 is 0.977 bits per heavy atom. The zero-order valence-corrected chi connectivity index (χ0v) is 25.9. The number of fused-ring (bicyclic) bond motifs is 3. The highest BCUT2D eigenvalue weighted by Gasteiger charge is 2.52. The maximum Gasteiger partial charge on any atom is 0.494 e. The van der Waals surface area contributed by atoms with Crippen LogP contribution in [0.1, 0.15) is 52.7 Å². The first-order chi connectivity index (χ1) is 20.5. The lowest BCUT2D eigenvalue weighted by molar-refractivity contribution is 0.00578. The van der Waals surface area contributed by atoms with Gasteiger partial charge in [0.25, 0.3) is 0 Å². The summed E-state index contributed by atoms with van der Waals surface area (Å²) in [7, 11) is -0.377. The Balaban J connectivity index is 1.27. The van der Waals surface area contributed by atoms with Gasteiger partial charge in [-0.1, -0.05) is 98.8 Å². The summed E-state index contributed by atoms with van der Waals surface area (Å²) >= 11 is 0. The predicted octanol–water partition coefficient (Wildman–Crippen LogP) is 9.43. The summed E-state index contributed by atoms with van der Waals surface area (Å²) in [6.45, 7) is 13.1. The van der Waals surface area contributed by atoms with E-state index in [4.69, 9.17) is 9.31 Å². The summed E-state index contributed by atoms with van der Waals surface area (Å²) in [5.74, 6) is 0. The van der Waals surface area contributed by atoms with E-state index in [1.54, 1.807) is 0 Å². The Kier molecular flexibility index (Phi) is 6.43. The van der Waals surface area contributed by atoms with E-state index in [-0.39, 0.29) is 23.7 Å².